The fourth-order valence-electron chi connectivity index (χ4n) is 3.82. The number of methoxy groups -OCH3 is 1. The molecule has 1 heterocycles. The van der Waals surface area contributed by atoms with Crippen LogP contribution >= 0.6 is 12.2 Å². The largest absolute Gasteiger partial charge is 0.469 e. The number of halogens is 3. The second-order valence-electron chi connectivity index (χ2n) is 8.46. The Morgan fingerprint density at radius 2 is 1.79 bits per heavy atom. The van der Waals surface area contributed by atoms with E-state index in [-0.39, 0.29) is 22.6 Å². The maximum atomic E-state index is 13.4. The summed E-state index contributed by atoms with van der Waals surface area (Å²) in [5.74, 6) is -0.107. The summed E-state index contributed by atoms with van der Waals surface area (Å²) < 4.78 is 44.8. The normalized spacial score (nSPS) is 15.7. The lowest BCUT2D eigenvalue weighted by Crippen LogP contribution is -2.44. The van der Waals surface area contributed by atoms with Gasteiger partial charge in [0.2, 0.25) is 0 Å². The minimum Gasteiger partial charge on any atom is -0.469 e. The lowest BCUT2D eigenvalue weighted by atomic mass is 10.0. The first-order valence-corrected chi connectivity index (χ1v) is 11.2. The number of nitrogens with one attached hydrogen (secondary N) is 1. The number of carbonyl (C=O) groups is 1. The van der Waals surface area contributed by atoms with Crippen LogP contribution in [0.15, 0.2) is 18.2 Å². The molecule has 1 aliphatic rings. The van der Waals surface area contributed by atoms with E-state index in [1.807, 2.05) is 18.7 Å². The van der Waals surface area contributed by atoms with Crippen LogP contribution in [-0.4, -0.2) is 41.0 Å². The Hall–Kier alpha value is -2.67. The molecule has 0 radical (unpaired) electrons. The van der Waals surface area contributed by atoms with Crippen molar-refractivity contribution in [2.45, 2.75) is 70.5 Å². The van der Waals surface area contributed by atoms with Crippen molar-refractivity contribution in [2.24, 2.45) is 0 Å². The summed E-state index contributed by atoms with van der Waals surface area (Å²) >= 11 is 5.56. The highest BCUT2D eigenvalue weighted by molar-refractivity contribution is 7.80. The summed E-state index contributed by atoms with van der Waals surface area (Å²) in [6.07, 6.45) is 1.24. The van der Waals surface area contributed by atoms with Crippen LogP contribution < -0.4 is 4.90 Å². The number of thiocarbonyl (C=S) groups is 1. The Morgan fingerprint density at radius 1 is 1.18 bits per heavy atom. The van der Waals surface area contributed by atoms with Crippen molar-refractivity contribution in [1.29, 1.82) is 10.7 Å². The Morgan fingerprint density at radius 3 is 2.36 bits per heavy atom. The number of unbranched alkanes of at least 4 members (excludes halogenated alkanes) is 5. The van der Waals surface area contributed by atoms with Crippen molar-refractivity contribution in [3.05, 3.63) is 29.3 Å². The molecule has 1 N–H and O–H groups in total. The van der Waals surface area contributed by atoms with Gasteiger partial charge in [-0.25, -0.2) is 0 Å². The fraction of sp³-hybridized carbons (Fsp3) is 0.565. The van der Waals surface area contributed by atoms with Crippen molar-refractivity contribution < 1.29 is 22.7 Å². The third kappa shape index (κ3) is 6.22. The van der Waals surface area contributed by atoms with Gasteiger partial charge in [0.25, 0.3) is 0 Å². The number of alkyl halides is 3. The fourth-order valence-corrected chi connectivity index (χ4v) is 4.34. The van der Waals surface area contributed by atoms with E-state index < -0.39 is 22.8 Å². The summed E-state index contributed by atoms with van der Waals surface area (Å²) in [6.45, 7) is 4.22. The number of hydrogen-bond donors (Lipinski definition) is 1. The summed E-state index contributed by atoms with van der Waals surface area (Å²) in [5.41, 5.74) is -2.16. The highest BCUT2D eigenvalue weighted by Crippen LogP contribution is 2.38. The van der Waals surface area contributed by atoms with Gasteiger partial charge in [-0.15, -0.1) is 0 Å². The number of carbonyl (C=O) groups excluding carboxylic acids is 1. The molecule has 10 heteroatoms. The van der Waals surface area contributed by atoms with Crippen LogP contribution in [0.25, 0.3) is 0 Å². The van der Waals surface area contributed by atoms with Crippen molar-refractivity contribution in [3.63, 3.8) is 0 Å². The van der Waals surface area contributed by atoms with E-state index in [0.717, 1.165) is 50.7 Å². The number of nitriles is 1. The second-order valence-corrected chi connectivity index (χ2v) is 8.83. The number of benzene rings is 1. The van der Waals surface area contributed by atoms with Crippen LogP contribution in [0.2, 0.25) is 0 Å². The van der Waals surface area contributed by atoms with E-state index in [0.29, 0.717) is 13.0 Å². The minimum atomic E-state index is -4.68. The molecule has 2 rings (SSSR count). The Labute approximate surface area is 197 Å². The molecule has 0 aliphatic carbocycles. The molecule has 0 saturated carbocycles. The van der Waals surface area contributed by atoms with Gasteiger partial charge in [0.1, 0.15) is 5.84 Å². The van der Waals surface area contributed by atoms with Gasteiger partial charge in [-0.05, 0) is 57.1 Å². The average molecular weight is 483 g/mol. The Bertz CT molecular complexity index is 941. The van der Waals surface area contributed by atoms with Crippen molar-refractivity contribution in [2.75, 3.05) is 18.6 Å². The first-order valence-electron chi connectivity index (χ1n) is 10.8. The van der Waals surface area contributed by atoms with Crippen LogP contribution in [0.3, 0.4) is 0 Å². The van der Waals surface area contributed by atoms with Crippen molar-refractivity contribution >= 4 is 34.8 Å². The molecule has 1 aromatic rings. The number of rotatable bonds is 10. The van der Waals surface area contributed by atoms with Gasteiger partial charge < -0.3 is 9.64 Å². The Kier molecular flexibility index (Phi) is 8.83. The molecule has 1 fully saturated rings. The molecule has 0 atom stereocenters. The van der Waals surface area contributed by atoms with Crippen LogP contribution in [-0.2, 0) is 15.7 Å². The molecule has 0 amide bonds. The predicted octanol–water partition coefficient (Wildman–Crippen LogP) is 5.64. The van der Waals surface area contributed by atoms with Gasteiger partial charge in [0, 0.05) is 13.0 Å². The van der Waals surface area contributed by atoms with E-state index in [4.69, 9.17) is 22.9 Å². The molecular formula is C23H29F3N4O2S. The SMILES string of the molecule is COC(=O)CCCCCCCCN1C(=S)N(c2ccc(C#N)c(C(F)(F)F)c2)C(=N)C1(C)C. The summed E-state index contributed by atoms with van der Waals surface area (Å²) in [6, 6.07) is 4.96. The molecule has 0 unspecified atom stereocenters. The summed E-state index contributed by atoms with van der Waals surface area (Å²) in [7, 11) is 1.38. The van der Waals surface area contributed by atoms with Gasteiger partial charge in [0.15, 0.2) is 5.11 Å². The van der Waals surface area contributed by atoms with E-state index in [2.05, 4.69) is 4.74 Å². The van der Waals surface area contributed by atoms with Gasteiger partial charge >= 0.3 is 12.1 Å². The molecule has 6 nitrogen and oxygen atoms in total. The third-order valence-corrected chi connectivity index (χ3v) is 6.23. The molecule has 1 saturated heterocycles. The predicted molar refractivity (Wildman–Crippen MR) is 124 cm³/mol. The lowest BCUT2D eigenvalue weighted by molar-refractivity contribution is -0.140. The van der Waals surface area contributed by atoms with Crippen molar-refractivity contribution in [3.8, 4) is 6.07 Å². The minimum absolute atomic E-state index is 0.0909. The quantitative estimate of drug-likeness (QED) is 0.264. The topological polar surface area (TPSA) is 80.4 Å². The van der Waals surface area contributed by atoms with Gasteiger partial charge in [-0.3, -0.25) is 15.1 Å². The van der Waals surface area contributed by atoms with Crippen LogP contribution in [0.5, 0.6) is 0 Å². The molecule has 0 aromatic heterocycles. The van der Waals surface area contributed by atoms with E-state index in [9.17, 15) is 18.0 Å². The van der Waals surface area contributed by atoms with Gasteiger partial charge in [-0.1, -0.05) is 25.7 Å². The monoisotopic (exact) mass is 482 g/mol. The molecule has 1 aliphatic heterocycles. The van der Waals surface area contributed by atoms with Gasteiger partial charge in [-0.2, -0.15) is 18.4 Å². The number of amidine groups is 1. The highest BCUT2D eigenvalue weighted by Gasteiger charge is 2.46. The maximum Gasteiger partial charge on any atom is 0.417 e. The Balaban J connectivity index is 2.01. The molecule has 180 valence electrons. The number of hydrogen-bond acceptors (Lipinski definition) is 5. The summed E-state index contributed by atoms with van der Waals surface area (Å²) in [5, 5.41) is 17.9. The zero-order valence-corrected chi connectivity index (χ0v) is 19.9. The highest BCUT2D eigenvalue weighted by atomic mass is 32.1. The summed E-state index contributed by atoms with van der Waals surface area (Å²) in [4.78, 5) is 14.3. The average Bonchev–Trinajstić information content (AvgIpc) is 2.93. The van der Waals surface area contributed by atoms with Gasteiger partial charge in [0.05, 0.1) is 35.5 Å². The zero-order valence-electron chi connectivity index (χ0n) is 19.1. The molecule has 1 aromatic carbocycles. The standard InChI is InChI=1S/C23H29F3N4O2S/c1-22(2)20(28)30(17-12-11-16(15-27)18(14-17)23(24,25)26)21(33)29(22)13-9-7-5-4-6-8-10-19(31)32-3/h11-12,14,28H,4-10,13H2,1-3H3. The smallest absolute Gasteiger partial charge is 0.417 e. The molecule has 0 bridgehead atoms. The molecule has 0 spiro atoms. The third-order valence-electron chi connectivity index (χ3n) is 5.83. The van der Waals surface area contributed by atoms with E-state index in [1.165, 1.54) is 18.1 Å². The molecular weight excluding hydrogens is 453 g/mol. The maximum absolute atomic E-state index is 13.4. The van der Waals surface area contributed by atoms with E-state index in [1.54, 1.807) is 6.07 Å². The van der Waals surface area contributed by atoms with Crippen LogP contribution in [0, 0.1) is 16.7 Å². The molecule has 33 heavy (non-hydrogen) atoms. The van der Waals surface area contributed by atoms with Crippen LogP contribution in [0.4, 0.5) is 18.9 Å². The second kappa shape index (κ2) is 11.0. The lowest BCUT2D eigenvalue weighted by Gasteiger charge is -2.30. The van der Waals surface area contributed by atoms with Crippen LogP contribution in [0.1, 0.15) is 69.9 Å². The number of ether oxygens (including phenoxy) is 1. The number of esters is 1. The number of anilines is 1. The first-order chi connectivity index (χ1) is 15.4. The number of nitrogens with zero attached hydrogens (tertiary/aromatic N) is 3. The van der Waals surface area contributed by atoms with E-state index >= 15 is 0 Å². The first kappa shape index (κ1) is 26.6. The zero-order chi connectivity index (χ0) is 24.8. The van der Waals surface area contributed by atoms with Crippen molar-refractivity contribution in [1.82, 2.24) is 4.90 Å².